The average Bonchev–Trinajstić information content (AvgIpc) is 3.35. The molecule has 1 aliphatic rings. The minimum absolute atomic E-state index is 0.0484. The maximum Gasteiger partial charge on any atom is 0.251 e. The first-order valence-corrected chi connectivity index (χ1v) is 12.6. The van der Waals surface area contributed by atoms with Gasteiger partial charge in [-0.1, -0.05) is 48.0 Å². The molecule has 1 aromatic heterocycles. The monoisotopic (exact) mass is 514 g/mol. The lowest BCUT2D eigenvalue weighted by Gasteiger charge is -2.27. The highest BCUT2D eigenvalue weighted by Gasteiger charge is 2.26. The second-order valence-corrected chi connectivity index (χ2v) is 9.24. The molecule has 0 spiro atoms. The third kappa shape index (κ3) is 5.67. The maximum atomic E-state index is 12.8. The van der Waals surface area contributed by atoms with Crippen LogP contribution in [0.4, 0.5) is 5.82 Å². The number of ether oxygens (including phenoxy) is 1. The number of hydrogen-bond acceptors (Lipinski definition) is 4. The van der Waals surface area contributed by atoms with Gasteiger partial charge in [-0.05, 0) is 54.4 Å². The van der Waals surface area contributed by atoms with Crippen molar-refractivity contribution in [1.82, 2.24) is 15.1 Å². The Morgan fingerprint density at radius 1 is 1.00 bits per heavy atom. The number of anilines is 1. The van der Waals surface area contributed by atoms with Crippen molar-refractivity contribution in [1.29, 1.82) is 0 Å². The highest BCUT2D eigenvalue weighted by Crippen LogP contribution is 2.30. The predicted octanol–water partition coefficient (Wildman–Crippen LogP) is 5.47. The summed E-state index contributed by atoms with van der Waals surface area (Å²) in [5.41, 5.74) is 4.23. The van der Waals surface area contributed by atoms with E-state index in [4.69, 9.17) is 21.4 Å². The lowest BCUT2D eigenvalue weighted by molar-refractivity contribution is -0.119. The van der Waals surface area contributed by atoms with E-state index in [1.54, 1.807) is 17.0 Å². The normalized spacial score (nSPS) is 12.8. The standard InChI is InChI=1S/C29H27ClN4O3/c1-2-37-25-13-5-20(6-14-25)18-31-29(36)23-7-3-21(4-8-23)19-33-27-17-26(22-9-11-24(30)12-10-22)32-34(27)16-15-28(33)35/h3-14,17H,2,15-16,18-19H2,1H3,(H,31,36). The van der Waals surface area contributed by atoms with E-state index in [1.807, 2.05) is 78.3 Å². The van der Waals surface area contributed by atoms with E-state index in [9.17, 15) is 9.59 Å². The quantitative estimate of drug-likeness (QED) is 0.338. The first-order chi connectivity index (χ1) is 18.0. The van der Waals surface area contributed by atoms with Crippen LogP contribution in [0.25, 0.3) is 11.3 Å². The van der Waals surface area contributed by atoms with Crippen LogP contribution < -0.4 is 15.0 Å². The van der Waals surface area contributed by atoms with Crippen LogP contribution in [0, 0.1) is 0 Å². The van der Waals surface area contributed by atoms with E-state index in [0.717, 1.165) is 34.0 Å². The van der Waals surface area contributed by atoms with Crippen molar-refractivity contribution in [3.05, 3.63) is 101 Å². The summed E-state index contributed by atoms with van der Waals surface area (Å²) in [5.74, 6) is 1.47. The molecule has 5 rings (SSSR count). The molecule has 0 atom stereocenters. The smallest absolute Gasteiger partial charge is 0.251 e. The molecule has 188 valence electrons. The molecule has 1 aliphatic heterocycles. The number of nitrogens with one attached hydrogen (secondary N) is 1. The van der Waals surface area contributed by atoms with Crippen molar-refractivity contribution in [2.45, 2.75) is 33.0 Å². The van der Waals surface area contributed by atoms with Crippen molar-refractivity contribution < 1.29 is 14.3 Å². The number of amides is 2. The molecule has 4 aromatic rings. The zero-order chi connectivity index (χ0) is 25.8. The molecule has 0 aliphatic carbocycles. The fraction of sp³-hybridized carbons (Fsp3) is 0.207. The number of carbonyl (C=O) groups is 2. The van der Waals surface area contributed by atoms with Gasteiger partial charge in [0.25, 0.3) is 5.91 Å². The molecule has 0 fully saturated rings. The molecule has 0 unspecified atom stereocenters. The molecular weight excluding hydrogens is 488 g/mol. The van der Waals surface area contributed by atoms with E-state index < -0.39 is 0 Å². The van der Waals surface area contributed by atoms with Crippen LogP contribution in [-0.4, -0.2) is 28.2 Å². The number of hydrogen-bond donors (Lipinski definition) is 1. The Kier molecular flexibility index (Phi) is 7.23. The number of halogens is 1. The Balaban J connectivity index is 1.24. The summed E-state index contributed by atoms with van der Waals surface area (Å²) in [5, 5.41) is 8.30. The highest BCUT2D eigenvalue weighted by atomic mass is 35.5. The van der Waals surface area contributed by atoms with E-state index in [1.165, 1.54) is 0 Å². The molecule has 0 bridgehead atoms. The number of aryl methyl sites for hydroxylation is 1. The van der Waals surface area contributed by atoms with Gasteiger partial charge >= 0.3 is 0 Å². The van der Waals surface area contributed by atoms with Crippen molar-refractivity contribution in [2.24, 2.45) is 0 Å². The van der Waals surface area contributed by atoms with Crippen molar-refractivity contribution >= 4 is 29.2 Å². The van der Waals surface area contributed by atoms with E-state index in [2.05, 4.69) is 5.32 Å². The Morgan fingerprint density at radius 3 is 2.41 bits per heavy atom. The minimum atomic E-state index is -0.153. The van der Waals surface area contributed by atoms with Gasteiger partial charge in [0, 0.05) is 35.2 Å². The van der Waals surface area contributed by atoms with Gasteiger partial charge in [-0.25, -0.2) is 4.68 Å². The van der Waals surface area contributed by atoms with Crippen LogP contribution >= 0.6 is 11.6 Å². The summed E-state index contributed by atoms with van der Waals surface area (Å²) >= 11 is 6.02. The molecule has 7 nitrogen and oxygen atoms in total. The molecule has 0 saturated heterocycles. The molecule has 37 heavy (non-hydrogen) atoms. The number of rotatable bonds is 8. The average molecular weight is 515 g/mol. The first-order valence-electron chi connectivity index (χ1n) is 12.2. The second-order valence-electron chi connectivity index (χ2n) is 8.80. The molecule has 3 aromatic carbocycles. The SMILES string of the molecule is CCOc1ccc(CNC(=O)c2ccc(CN3C(=O)CCn4nc(-c5ccc(Cl)cc5)cc43)cc2)cc1. The van der Waals surface area contributed by atoms with Crippen LogP contribution in [0.15, 0.2) is 78.9 Å². The largest absolute Gasteiger partial charge is 0.494 e. The molecular formula is C29H27ClN4O3. The molecule has 1 N–H and O–H groups in total. The predicted molar refractivity (Wildman–Crippen MR) is 144 cm³/mol. The summed E-state index contributed by atoms with van der Waals surface area (Å²) in [6, 6.07) is 24.4. The maximum absolute atomic E-state index is 12.8. The highest BCUT2D eigenvalue weighted by molar-refractivity contribution is 6.30. The van der Waals surface area contributed by atoms with Gasteiger partial charge in [-0.3, -0.25) is 14.5 Å². The van der Waals surface area contributed by atoms with Gasteiger partial charge in [0.2, 0.25) is 5.91 Å². The Bertz CT molecular complexity index is 1400. The number of aromatic nitrogens is 2. The Morgan fingerprint density at radius 2 is 1.70 bits per heavy atom. The first kappa shape index (κ1) is 24.6. The van der Waals surface area contributed by atoms with Crippen LogP contribution in [0.1, 0.15) is 34.8 Å². The van der Waals surface area contributed by atoms with Crippen molar-refractivity contribution in [2.75, 3.05) is 11.5 Å². The fourth-order valence-corrected chi connectivity index (χ4v) is 4.41. The van der Waals surface area contributed by atoms with E-state index in [0.29, 0.717) is 43.2 Å². The summed E-state index contributed by atoms with van der Waals surface area (Å²) < 4.78 is 7.32. The summed E-state index contributed by atoms with van der Waals surface area (Å²) in [6.45, 7) is 3.93. The molecule has 2 amide bonds. The molecule has 0 radical (unpaired) electrons. The number of benzene rings is 3. The van der Waals surface area contributed by atoms with Gasteiger partial charge in [-0.2, -0.15) is 5.10 Å². The Labute approximate surface area is 220 Å². The van der Waals surface area contributed by atoms with E-state index >= 15 is 0 Å². The molecule has 2 heterocycles. The van der Waals surface area contributed by atoms with Crippen LogP contribution in [0.2, 0.25) is 5.02 Å². The number of fused-ring (bicyclic) bond motifs is 1. The van der Waals surface area contributed by atoms with Crippen molar-refractivity contribution in [3.63, 3.8) is 0 Å². The molecule has 0 saturated carbocycles. The summed E-state index contributed by atoms with van der Waals surface area (Å²) in [4.78, 5) is 27.2. The van der Waals surface area contributed by atoms with E-state index in [-0.39, 0.29) is 11.8 Å². The lowest BCUT2D eigenvalue weighted by Crippen LogP contribution is -2.36. The third-order valence-electron chi connectivity index (χ3n) is 6.26. The van der Waals surface area contributed by atoms with Crippen LogP contribution in [0.5, 0.6) is 5.75 Å². The van der Waals surface area contributed by atoms with Gasteiger partial charge in [0.05, 0.1) is 25.4 Å². The second kappa shape index (κ2) is 10.9. The van der Waals surface area contributed by atoms with Crippen LogP contribution in [-0.2, 0) is 24.4 Å². The summed E-state index contributed by atoms with van der Waals surface area (Å²) in [6.07, 6.45) is 0.390. The van der Waals surface area contributed by atoms with Crippen molar-refractivity contribution in [3.8, 4) is 17.0 Å². The number of nitrogens with zero attached hydrogens (tertiary/aromatic N) is 3. The zero-order valence-corrected chi connectivity index (χ0v) is 21.2. The summed E-state index contributed by atoms with van der Waals surface area (Å²) in [7, 11) is 0. The van der Waals surface area contributed by atoms with Gasteiger partial charge in [0.1, 0.15) is 11.6 Å². The topological polar surface area (TPSA) is 76.5 Å². The minimum Gasteiger partial charge on any atom is -0.494 e. The van der Waals surface area contributed by atoms with Gasteiger partial charge in [-0.15, -0.1) is 0 Å². The van der Waals surface area contributed by atoms with Gasteiger partial charge < -0.3 is 10.1 Å². The Hall–Kier alpha value is -4.10. The number of carbonyl (C=O) groups excluding carboxylic acids is 2. The van der Waals surface area contributed by atoms with Crippen LogP contribution in [0.3, 0.4) is 0 Å². The molecule has 8 heteroatoms. The fourth-order valence-electron chi connectivity index (χ4n) is 4.28. The third-order valence-corrected chi connectivity index (χ3v) is 6.51. The van der Waals surface area contributed by atoms with Gasteiger partial charge in [0.15, 0.2) is 0 Å². The lowest BCUT2D eigenvalue weighted by atomic mass is 10.1. The zero-order valence-electron chi connectivity index (χ0n) is 20.5.